The minimum absolute atomic E-state index is 0.0578. The average molecular weight is 947 g/mol. The summed E-state index contributed by atoms with van der Waals surface area (Å²) in [7, 11) is 9.92. The van der Waals surface area contributed by atoms with E-state index in [0.717, 1.165) is 132 Å². The molecule has 10 rings (SSSR count). The van der Waals surface area contributed by atoms with E-state index in [2.05, 4.69) is 22.1 Å². The van der Waals surface area contributed by atoms with E-state index in [-0.39, 0.29) is 23.9 Å². The highest BCUT2D eigenvalue weighted by atomic mass is 16.5. The number of nitrogens with zero attached hydrogens (tertiary/aromatic N) is 6. The van der Waals surface area contributed by atoms with Crippen LogP contribution in [0.1, 0.15) is 95.4 Å². The summed E-state index contributed by atoms with van der Waals surface area (Å²) in [6.45, 7) is 5.43. The topological polar surface area (TPSA) is 132 Å². The lowest BCUT2D eigenvalue weighted by molar-refractivity contribution is -0.131. The standard InChI is InChI=1S/2C28H31N3O4/c2*1-18-16-30(17-29-18)24-9-7-19(13-25(24)33-2)12-21-6-5-11-31(28(21)32)23-10-8-20-14-26(34-3)27(35-4)15-22(20)23/h2*7,9,12-17,23H,5-6,8,10-11H2,1-4H3/b2*21-12+/t2*23-/m10/s1. The maximum Gasteiger partial charge on any atom is 0.250 e. The predicted molar refractivity (Wildman–Crippen MR) is 269 cm³/mol. The van der Waals surface area contributed by atoms with E-state index in [1.54, 1.807) is 55.3 Å². The van der Waals surface area contributed by atoms with Crippen LogP contribution in [0, 0.1) is 13.8 Å². The smallest absolute Gasteiger partial charge is 0.250 e. The van der Waals surface area contributed by atoms with E-state index in [1.165, 1.54) is 22.3 Å². The van der Waals surface area contributed by atoms with E-state index in [4.69, 9.17) is 28.4 Å². The summed E-state index contributed by atoms with van der Waals surface area (Å²) in [5, 5.41) is 0. The molecule has 14 heteroatoms. The molecule has 2 fully saturated rings. The van der Waals surface area contributed by atoms with Gasteiger partial charge in [0.05, 0.1) is 90.2 Å². The fourth-order valence-corrected chi connectivity index (χ4v) is 10.5. The van der Waals surface area contributed by atoms with E-state index in [9.17, 15) is 9.59 Å². The minimum Gasteiger partial charge on any atom is -0.495 e. The second-order valence-electron chi connectivity index (χ2n) is 18.2. The zero-order chi connectivity index (χ0) is 49.1. The van der Waals surface area contributed by atoms with E-state index in [0.29, 0.717) is 11.5 Å². The summed E-state index contributed by atoms with van der Waals surface area (Å²) in [5.41, 5.74) is 12.1. The third-order valence-electron chi connectivity index (χ3n) is 14.0. The third kappa shape index (κ3) is 9.46. The minimum atomic E-state index is 0.0578. The van der Waals surface area contributed by atoms with Crippen LogP contribution in [-0.4, -0.2) is 96.5 Å². The highest BCUT2D eigenvalue weighted by Gasteiger charge is 2.37. The van der Waals surface area contributed by atoms with Crippen LogP contribution in [0.25, 0.3) is 23.5 Å². The number of ether oxygens (including phenoxy) is 6. The summed E-state index contributed by atoms with van der Waals surface area (Å²) >= 11 is 0. The molecule has 364 valence electrons. The molecule has 2 aliphatic heterocycles. The number of carbonyl (C=O) groups excluding carboxylic acids is 2. The zero-order valence-corrected chi connectivity index (χ0v) is 41.4. The SMILES string of the molecule is COc1cc2c(cc1OC)[C@@H](N1CCC/C(=C\c3ccc(-n4cnc(C)c4)c(OC)c3)C1=O)CC2.COc1cc2c(cc1OC)[C@H](N1CCC/C(=C\c3ccc(-n4cnc(C)c4)c(OC)c3)C1=O)CC2. The van der Waals surface area contributed by atoms with Gasteiger partial charge in [0.1, 0.15) is 11.5 Å². The quantitative estimate of drug-likeness (QED) is 0.109. The van der Waals surface area contributed by atoms with Crippen LogP contribution in [0.3, 0.4) is 0 Å². The Labute approximate surface area is 410 Å². The van der Waals surface area contributed by atoms with Crippen LogP contribution in [0.5, 0.6) is 34.5 Å². The number of benzene rings is 4. The maximum atomic E-state index is 13.6. The predicted octanol–water partition coefficient (Wildman–Crippen LogP) is 9.80. The lowest BCUT2D eigenvalue weighted by Gasteiger charge is -2.34. The van der Waals surface area contributed by atoms with Crippen molar-refractivity contribution in [1.29, 1.82) is 0 Å². The number of piperidine rings is 2. The molecule has 0 saturated carbocycles. The van der Waals surface area contributed by atoms with Crippen LogP contribution in [0.2, 0.25) is 0 Å². The molecule has 0 spiro atoms. The number of hydrogen-bond donors (Lipinski definition) is 0. The number of amides is 2. The number of rotatable bonds is 12. The van der Waals surface area contributed by atoms with Gasteiger partial charge in [-0.05, 0) is 159 Å². The fraction of sp³-hybridized carbons (Fsp3) is 0.357. The molecule has 0 radical (unpaired) electrons. The number of aromatic nitrogens is 4. The van der Waals surface area contributed by atoms with Gasteiger partial charge in [-0.25, -0.2) is 9.97 Å². The number of aryl methyl sites for hydroxylation is 4. The molecule has 4 aliphatic rings. The molecule has 70 heavy (non-hydrogen) atoms. The van der Waals surface area contributed by atoms with Crippen molar-refractivity contribution >= 4 is 24.0 Å². The molecule has 0 N–H and O–H groups in total. The Morgan fingerprint density at radius 3 is 1.24 bits per heavy atom. The molecule has 2 saturated heterocycles. The Morgan fingerprint density at radius 2 is 0.886 bits per heavy atom. The Bertz CT molecular complexity index is 2790. The largest absolute Gasteiger partial charge is 0.495 e. The molecule has 6 aromatic rings. The molecule has 0 bridgehead atoms. The first-order chi connectivity index (χ1) is 34.0. The first-order valence-electron chi connectivity index (χ1n) is 23.9. The van der Waals surface area contributed by atoms with Gasteiger partial charge in [0.2, 0.25) is 11.8 Å². The van der Waals surface area contributed by atoms with Crippen LogP contribution in [0.4, 0.5) is 0 Å². The Morgan fingerprint density at radius 1 is 0.500 bits per heavy atom. The molecule has 2 amide bonds. The van der Waals surface area contributed by atoms with Gasteiger partial charge in [0.15, 0.2) is 23.0 Å². The summed E-state index contributed by atoms with van der Waals surface area (Å²) in [6, 6.07) is 20.3. The number of imidazole rings is 2. The summed E-state index contributed by atoms with van der Waals surface area (Å²) in [5.74, 6) is 4.58. The van der Waals surface area contributed by atoms with Crippen molar-refractivity contribution in [1.82, 2.24) is 28.9 Å². The molecule has 0 unspecified atom stereocenters. The second kappa shape index (κ2) is 20.6. The van der Waals surface area contributed by atoms with E-state index < -0.39 is 0 Å². The van der Waals surface area contributed by atoms with Crippen molar-refractivity contribution < 1.29 is 38.0 Å². The molecule has 2 aliphatic carbocycles. The summed E-state index contributed by atoms with van der Waals surface area (Å²) in [6.07, 6.45) is 18.6. The highest BCUT2D eigenvalue weighted by Crippen LogP contribution is 2.45. The molecular formula is C56H62N6O8. The van der Waals surface area contributed by atoms with Crippen molar-refractivity contribution in [2.75, 3.05) is 55.7 Å². The van der Waals surface area contributed by atoms with Gasteiger partial charge in [-0.3, -0.25) is 9.59 Å². The number of methoxy groups -OCH3 is 6. The van der Waals surface area contributed by atoms with Gasteiger partial charge < -0.3 is 47.4 Å². The summed E-state index contributed by atoms with van der Waals surface area (Å²) < 4.78 is 37.2. The van der Waals surface area contributed by atoms with Crippen molar-refractivity contribution in [2.45, 2.75) is 77.3 Å². The van der Waals surface area contributed by atoms with Crippen LogP contribution >= 0.6 is 0 Å². The Balaban J connectivity index is 0.000000174. The molecular weight excluding hydrogens is 885 g/mol. The molecule has 2 aromatic heterocycles. The van der Waals surface area contributed by atoms with Crippen LogP contribution < -0.4 is 28.4 Å². The highest BCUT2D eigenvalue weighted by molar-refractivity contribution is 5.99. The van der Waals surface area contributed by atoms with Gasteiger partial charge in [-0.2, -0.15) is 0 Å². The third-order valence-corrected chi connectivity index (χ3v) is 14.0. The first kappa shape index (κ1) is 47.6. The van der Waals surface area contributed by atoms with Crippen molar-refractivity contribution in [3.05, 3.63) is 142 Å². The lowest BCUT2D eigenvalue weighted by atomic mass is 9.97. The van der Waals surface area contributed by atoms with Gasteiger partial charge >= 0.3 is 0 Å². The first-order valence-corrected chi connectivity index (χ1v) is 23.9. The van der Waals surface area contributed by atoms with E-state index >= 15 is 0 Å². The van der Waals surface area contributed by atoms with Gasteiger partial charge in [0.25, 0.3) is 0 Å². The number of likely N-dealkylation sites (tertiary alicyclic amines) is 2. The van der Waals surface area contributed by atoms with Crippen LogP contribution in [0.15, 0.2) is 96.9 Å². The van der Waals surface area contributed by atoms with Gasteiger partial charge in [0, 0.05) is 36.6 Å². The number of hydrogen-bond acceptors (Lipinski definition) is 10. The average Bonchev–Trinajstić information content (AvgIpc) is 4.21. The van der Waals surface area contributed by atoms with Crippen LogP contribution in [-0.2, 0) is 22.4 Å². The number of carbonyl (C=O) groups is 2. The maximum absolute atomic E-state index is 13.6. The van der Waals surface area contributed by atoms with Gasteiger partial charge in [-0.15, -0.1) is 0 Å². The van der Waals surface area contributed by atoms with Crippen molar-refractivity contribution in [3.8, 4) is 45.9 Å². The summed E-state index contributed by atoms with van der Waals surface area (Å²) in [4.78, 5) is 39.9. The van der Waals surface area contributed by atoms with Gasteiger partial charge in [-0.1, -0.05) is 12.1 Å². The Hall–Kier alpha value is -7.48. The number of fused-ring (bicyclic) bond motifs is 2. The van der Waals surface area contributed by atoms with Crippen molar-refractivity contribution in [2.24, 2.45) is 0 Å². The molecule has 14 nitrogen and oxygen atoms in total. The molecule has 4 heterocycles. The van der Waals surface area contributed by atoms with Crippen molar-refractivity contribution in [3.63, 3.8) is 0 Å². The second-order valence-corrected chi connectivity index (χ2v) is 18.2. The Kier molecular flexibility index (Phi) is 14.0. The normalized spacial score (nSPS) is 18.6. The van der Waals surface area contributed by atoms with E-state index in [1.807, 2.05) is 106 Å². The fourth-order valence-electron chi connectivity index (χ4n) is 10.5. The zero-order valence-electron chi connectivity index (χ0n) is 41.4. The monoisotopic (exact) mass is 946 g/mol. The lowest BCUT2D eigenvalue weighted by Crippen LogP contribution is -2.39. The molecule has 2 atom stereocenters. The molecule has 4 aromatic carbocycles.